The van der Waals surface area contributed by atoms with E-state index in [1.54, 1.807) is 0 Å². The Labute approximate surface area is 238 Å². The molecule has 0 aliphatic heterocycles. The van der Waals surface area contributed by atoms with Crippen molar-refractivity contribution in [1.82, 2.24) is 10.6 Å². The first-order chi connectivity index (χ1) is 15.7. The normalized spacial score (nSPS) is 14.5. The second-order valence-electron chi connectivity index (χ2n) is 12.3. The molecule has 0 aromatic carbocycles. The molecule has 2 amide bonds. The molecule has 212 valence electrons. The first kappa shape index (κ1) is 40.0. The Kier molecular flexibility index (Phi) is 21.4. The summed E-state index contributed by atoms with van der Waals surface area (Å²) in [4.78, 5) is 22.8. The number of halogens is 1. The number of nitrogens with one attached hydrogen (secondary N) is 2. The molecule has 0 rings (SSSR count). The highest BCUT2D eigenvalue weighted by Gasteiger charge is 2.40. The van der Waals surface area contributed by atoms with Crippen molar-refractivity contribution in [3.8, 4) is 0 Å². The molecule has 0 aliphatic rings. The number of amides is 2. The second kappa shape index (κ2) is 18.7. The smallest absolute Gasteiger partial charge is 0.230 e. The third-order valence-electron chi connectivity index (χ3n) is 6.40. The average Bonchev–Trinajstić information content (AvgIpc) is 2.66. The lowest BCUT2D eigenvalue weighted by molar-refractivity contribution is -0.122. The summed E-state index contributed by atoms with van der Waals surface area (Å²) in [5.41, 5.74) is 0.885. The molecule has 0 aromatic rings. The van der Waals surface area contributed by atoms with Gasteiger partial charge < -0.3 is 10.6 Å². The summed E-state index contributed by atoms with van der Waals surface area (Å²) in [6.45, 7) is 28.2. The molecular weight excluding hydrogens is 585 g/mol. The van der Waals surface area contributed by atoms with Crippen LogP contribution >= 0.6 is 41.1 Å². The van der Waals surface area contributed by atoms with Gasteiger partial charge in [0.05, 0.1) is 9.71 Å². The molecule has 7 heteroatoms. The SMILES string of the molecule is CC.CC(P)CC(C)(C)NC(=O)CI.CCC(=O)NC(C)(P)CC(C)(C)C(C)(C)CCCC(C)C. The molecule has 0 aromatic heterocycles. The molecule has 0 heterocycles. The summed E-state index contributed by atoms with van der Waals surface area (Å²) in [6, 6.07) is 0. The van der Waals surface area contributed by atoms with Crippen molar-refractivity contribution in [3.05, 3.63) is 0 Å². The van der Waals surface area contributed by atoms with Crippen LogP contribution in [0.15, 0.2) is 0 Å². The lowest BCUT2D eigenvalue weighted by atomic mass is 9.62. The van der Waals surface area contributed by atoms with Crippen molar-refractivity contribution in [1.29, 1.82) is 0 Å². The van der Waals surface area contributed by atoms with Gasteiger partial charge in [0.25, 0.3) is 0 Å². The minimum absolute atomic E-state index is 0.0799. The van der Waals surface area contributed by atoms with Crippen LogP contribution in [0, 0.1) is 16.7 Å². The Balaban J connectivity index is -0.000000620. The van der Waals surface area contributed by atoms with E-state index in [1.165, 1.54) is 19.3 Å². The molecule has 0 aliphatic carbocycles. The monoisotopic (exact) mass is 646 g/mol. The van der Waals surface area contributed by atoms with E-state index in [9.17, 15) is 9.59 Å². The standard InChI is InChI=1S/C18H38NOP.C8H17INOP.C2H6/c1-9-15(20)19-18(8,21)13-17(6,7)16(4,5)12-10-11-14(2)3;1-6(12)4-8(2,3)10-7(11)5-9;1-2/h14H,9-13,21H2,1-8H3,(H,19,20);6H,4-5,12H2,1-3H3,(H,10,11);1-2H3. The highest BCUT2D eigenvalue weighted by molar-refractivity contribution is 14.1. The fourth-order valence-corrected chi connectivity index (χ4v) is 5.62. The number of carbonyl (C=O) groups excluding carboxylic acids is 2. The minimum atomic E-state index is -0.230. The van der Waals surface area contributed by atoms with Gasteiger partial charge in [0.15, 0.2) is 0 Å². The third-order valence-corrected chi connectivity index (χ3v) is 7.68. The van der Waals surface area contributed by atoms with Crippen LogP contribution < -0.4 is 10.6 Å². The summed E-state index contributed by atoms with van der Waals surface area (Å²) in [6.07, 6.45) is 6.31. The highest BCUT2D eigenvalue weighted by atomic mass is 127. The van der Waals surface area contributed by atoms with Crippen molar-refractivity contribution in [2.24, 2.45) is 16.7 Å². The minimum Gasteiger partial charge on any atom is -0.351 e. The zero-order valence-electron chi connectivity index (χ0n) is 25.5. The number of rotatable bonds is 13. The van der Waals surface area contributed by atoms with E-state index in [-0.39, 0.29) is 33.5 Å². The van der Waals surface area contributed by atoms with Crippen molar-refractivity contribution < 1.29 is 9.59 Å². The van der Waals surface area contributed by atoms with Crippen LogP contribution in [0.25, 0.3) is 0 Å². The average molecular weight is 647 g/mol. The predicted molar refractivity (Wildman–Crippen MR) is 174 cm³/mol. The van der Waals surface area contributed by atoms with Crippen LogP contribution in [0.4, 0.5) is 0 Å². The van der Waals surface area contributed by atoms with E-state index < -0.39 is 0 Å². The fraction of sp³-hybridized carbons (Fsp3) is 0.929. The van der Waals surface area contributed by atoms with Crippen LogP contribution in [-0.2, 0) is 9.59 Å². The van der Waals surface area contributed by atoms with E-state index in [4.69, 9.17) is 0 Å². The van der Waals surface area contributed by atoms with Gasteiger partial charge in [-0.3, -0.25) is 9.59 Å². The molecule has 0 radical (unpaired) electrons. The van der Waals surface area contributed by atoms with E-state index in [0.717, 1.165) is 18.8 Å². The van der Waals surface area contributed by atoms with Gasteiger partial charge in [-0.05, 0) is 62.4 Å². The van der Waals surface area contributed by atoms with Gasteiger partial charge in [-0.2, -0.15) is 0 Å². The van der Waals surface area contributed by atoms with Gasteiger partial charge in [-0.25, -0.2) is 0 Å². The van der Waals surface area contributed by atoms with Gasteiger partial charge in [0.2, 0.25) is 11.8 Å². The summed E-state index contributed by atoms with van der Waals surface area (Å²) < 4.78 is 0.534. The number of alkyl halides is 1. The molecule has 4 atom stereocenters. The number of hydrogen-bond donors (Lipinski definition) is 2. The Hall–Kier alpha value is 0.530. The first-order valence-corrected chi connectivity index (χ1v) is 16.2. The maximum atomic E-state index is 11.7. The molecule has 35 heavy (non-hydrogen) atoms. The maximum absolute atomic E-state index is 11.7. The lowest BCUT2D eigenvalue weighted by Gasteiger charge is -2.46. The summed E-state index contributed by atoms with van der Waals surface area (Å²) >= 11 is 2.07. The molecule has 2 N–H and O–H groups in total. The lowest BCUT2D eigenvalue weighted by Crippen LogP contribution is -2.47. The fourth-order valence-electron chi connectivity index (χ4n) is 4.17. The molecule has 0 fully saturated rings. The molecule has 0 saturated heterocycles. The van der Waals surface area contributed by atoms with Crippen molar-refractivity contribution in [3.63, 3.8) is 0 Å². The number of hydrogen-bond acceptors (Lipinski definition) is 2. The second-order valence-corrected chi connectivity index (χ2v) is 15.5. The van der Waals surface area contributed by atoms with Gasteiger partial charge in [-0.1, -0.05) is 105 Å². The predicted octanol–water partition coefficient (Wildman–Crippen LogP) is 8.37. The zero-order valence-corrected chi connectivity index (χ0v) is 29.9. The van der Waals surface area contributed by atoms with Crippen LogP contribution in [0.2, 0.25) is 0 Å². The first-order valence-electron chi connectivity index (χ1n) is 13.4. The molecule has 4 nitrogen and oxygen atoms in total. The van der Waals surface area contributed by atoms with Crippen LogP contribution in [0.5, 0.6) is 0 Å². The molecule has 0 bridgehead atoms. The third kappa shape index (κ3) is 21.2. The van der Waals surface area contributed by atoms with Gasteiger partial charge in [-0.15, -0.1) is 18.5 Å². The van der Waals surface area contributed by atoms with Crippen molar-refractivity contribution in [2.45, 2.75) is 145 Å². The van der Waals surface area contributed by atoms with Gasteiger partial charge >= 0.3 is 0 Å². The largest absolute Gasteiger partial charge is 0.351 e. The van der Waals surface area contributed by atoms with E-state index in [2.05, 4.69) is 121 Å². The zero-order chi connectivity index (χ0) is 28.7. The summed E-state index contributed by atoms with van der Waals surface area (Å²) in [5, 5.41) is 5.88. The summed E-state index contributed by atoms with van der Waals surface area (Å²) in [5.74, 6) is 1.02. The molecule has 4 unspecified atom stereocenters. The van der Waals surface area contributed by atoms with Crippen LogP contribution in [-0.4, -0.2) is 32.7 Å². The molecule has 0 spiro atoms. The Morgan fingerprint density at radius 1 is 0.886 bits per heavy atom. The van der Waals surface area contributed by atoms with E-state index in [0.29, 0.717) is 16.5 Å². The Bertz CT molecular complexity index is 590. The quantitative estimate of drug-likeness (QED) is 0.120. The Morgan fingerprint density at radius 3 is 1.74 bits per heavy atom. The molecular formula is C28H61IN2O2P2. The Morgan fingerprint density at radius 2 is 1.37 bits per heavy atom. The highest BCUT2D eigenvalue weighted by Crippen LogP contribution is 2.48. The van der Waals surface area contributed by atoms with Gasteiger partial charge in [0, 0.05) is 12.0 Å². The summed E-state index contributed by atoms with van der Waals surface area (Å²) in [7, 11) is 5.59. The van der Waals surface area contributed by atoms with Crippen molar-refractivity contribution in [2.75, 3.05) is 4.43 Å². The van der Waals surface area contributed by atoms with Crippen molar-refractivity contribution >= 4 is 52.9 Å². The molecule has 0 saturated carbocycles. The topological polar surface area (TPSA) is 58.2 Å². The van der Waals surface area contributed by atoms with E-state index in [1.807, 2.05) is 20.8 Å². The van der Waals surface area contributed by atoms with Crippen LogP contribution in [0.1, 0.15) is 129 Å². The maximum Gasteiger partial charge on any atom is 0.230 e. The van der Waals surface area contributed by atoms with Gasteiger partial charge in [0.1, 0.15) is 0 Å². The number of carbonyl (C=O) groups is 2. The van der Waals surface area contributed by atoms with Crippen LogP contribution in [0.3, 0.4) is 0 Å². The van der Waals surface area contributed by atoms with E-state index >= 15 is 0 Å².